The van der Waals surface area contributed by atoms with E-state index in [0.717, 1.165) is 11.1 Å². The number of Topliss-reactive ketones (excluding diaryl/α,β-unsaturated/α-hetero) is 2. The summed E-state index contributed by atoms with van der Waals surface area (Å²) in [7, 11) is 4.56. The minimum atomic E-state index is -1.43. The Kier molecular flexibility index (Phi) is 6.50. The lowest BCUT2D eigenvalue weighted by atomic mass is 9.62. The zero-order valence-electron chi connectivity index (χ0n) is 24.4. The molecule has 8 nitrogen and oxygen atoms in total. The Morgan fingerprint density at radius 3 is 2.34 bits per heavy atom. The summed E-state index contributed by atoms with van der Waals surface area (Å²) in [5.41, 5.74) is 2.30. The van der Waals surface area contributed by atoms with Crippen molar-refractivity contribution in [2.45, 2.75) is 17.5 Å². The van der Waals surface area contributed by atoms with E-state index < -0.39 is 23.4 Å². The second-order valence-electron chi connectivity index (χ2n) is 11.1. The summed E-state index contributed by atoms with van der Waals surface area (Å²) in [5.74, 6) is -0.760. The first-order valence-electron chi connectivity index (χ1n) is 14.3. The van der Waals surface area contributed by atoms with Crippen LogP contribution in [0.4, 0.5) is 5.69 Å². The molecule has 1 amide bonds. The van der Waals surface area contributed by atoms with Crippen LogP contribution in [-0.2, 0) is 10.2 Å². The lowest BCUT2D eigenvalue weighted by molar-refractivity contribution is -0.122. The van der Waals surface area contributed by atoms with Gasteiger partial charge >= 0.3 is 0 Å². The zero-order chi connectivity index (χ0) is 30.6. The average molecular weight is 587 g/mol. The fraction of sp³-hybridized carbons (Fsp3) is 0.194. The average Bonchev–Trinajstić information content (AvgIpc) is 3.55. The van der Waals surface area contributed by atoms with E-state index in [-0.39, 0.29) is 23.0 Å². The molecule has 0 radical (unpaired) electrons. The summed E-state index contributed by atoms with van der Waals surface area (Å²) in [4.78, 5) is 46.4. The summed E-state index contributed by atoms with van der Waals surface area (Å²) in [6, 6.07) is 25.4. The van der Waals surface area contributed by atoms with Crippen LogP contribution in [0.25, 0.3) is 6.08 Å². The van der Waals surface area contributed by atoms with E-state index >= 15 is 0 Å². The van der Waals surface area contributed by atoms with Crippen molar-refractivity contribution < 1.29 is 28.6 Å². The number of methoxy groups -OCH3 is 3. The first-order chi connectivity index (χ1) is 21.4. The number of para-hydroxylation sites is 1. The first kappa shape index (κ1) is 27.5. The number of carbonyl (C=O) groups is 3. The monoisotopic (exact) mass is 586 g/mol. The second-order valence-corrected chi connectivity index (χ2v) is 11.1. The molecule has 4 aromatic rings. The highest BCUT2D eigenvalue weighted by Gasteiger charge is 2.70. The molecule has 7 rings (SSSR count). The number of amides is 1. The number of hydrogen-bond acceptors (Lipinski definition) is 7. The molecule has 0 unspecified atom stereocenters. The maximum absolute atomic E-state index is 15.0. The Labute approximate surface area is 254 Å². The fourth-order valence-corrected chi connectivity index (χ4v) is 7.29. The van der Waals surface area contributed by atoms with Gasteiger partial charge in [0.25, 0.3) is 0 Å². The Bertz CT molecular complexity index is 1870. The van der Waals surface area contributed by atoms with Crippen LogP contribution in [0.3, 0.4) is 0 Å². The summed E-state index contributed by atoms with van der Waals surface area (Å²) in [6.45, 7) is 0. The SMILES string of the molecule is COc1cccc(C(=O)[C@@H]2[C@H](C(=O)c3ccc(OC)cc3OC)N3C=Cc4ccccc4[C@@H]3[C@@]23C(=O)Nc2ccccc23)c1. The predicted molar refractivity (Wildman–Crippen MR) is 165 cm³/mol. The number of nitrogens with one attached hydrogen (secondary N) is 1. The molecular weight excluding hydrogens is 556 g/mol. The number of anilines is 1. The number of hydrogen-bond donors (Lipinski definition) is 1. The minimum absolute atomic E-state index is 0.288. The zero-order valence-corrected chi connectivity index (χ0v) is 24.4. The highest BCUT2D eigenvalue weighted by molar-refractivity contribution is 6.17. The third-order valence-electron chi connectivity index (χ3n) is 9.15. The van der Waals surface area contributed by atoms with Crippen molar-refractivity contribution in [1.82, 2.24) is 4.90 Å². The topological polar surface area (TPSA) is 94.2 Å². The molecule has 0 bridgehead atoms. The lowest BCUT2D eigenvalue weighted by Crippen LogP contribution is -2.49. The van der Waals surface area contributed by atoms with Gasteiger partial charge in [0.15, 0.2) is 11.6 Å². The largest absolute Gasteiger partial charge is 0.497 e. The number of carbonyl (C=O) groups excluding carboxylic acids is 3. The van der Waals surface area contributed by atoms with Crippen molar-refractivity contribution >= 4 is 29.2 Å². The Morgan fingerprint density at radius 2 is 1.55 bits per heavy atom. The van der Waals surface area contributed by atoms with Gasteiger partial charge in [-0.05, 0) is 53.1 Å². The van der Waals surface area contributed by atoms with Gasteiger partial charge in [-0.2, -0.15) is 0 Å². The van der Waals surface area contributed by atoms with Gasteiger partial charge in [0, 0.05) is 23.5 Å². The molecule has 220 valence electrons. The maximum atomic E-state index is 15.0. The summed E-state index contributed by atoms with van der Waals surface area (Å²) in [5, 5.41) is 3.07. The van der Waals surface area contributed by atoms with Gasteiger partial charge in [-0.1, -0.05) is 54.6 Å². The molecule has 1 fully saturated rings. The minimum Gasteiger partial charge on any atom is -0.497 e. The number of fused-ring (bicyclic) bond motifs is 6. The van der Waals surface area contributed by atoms with E-state index in [1.54, 1.807) is 42.5 Å². The van der Waals surface area contributed by atoms with Gasteiger partial charge < -0.3 is 24.4 Å². The van der Waals surface area contributed by atoms with Gasteiger partial charge in [-0.3, -0.25) is 14.4 Å². The summed E-state index contributed by atoms with van der Waals surface area (Å²) >= 11 is 0. The van der Waals surface area contributed by atoms with Crippen molar-refractivity contribution in [3.63, 3.8) is 0 Å². The van der Waals surface area contributed by atoms with Crippen molar-refractivity contribution in [3.05, 3.63) is 125 Å². The second kappa shape index (κ2) is 10.4. The van der Waals surface area contributed by atoms with Crippen molar-refractivity contribution in [2.75, 3.05) is 26.6 Å². The quantitative estimate of drug-likeness (QED) is 0.278. The molecule has 1 saturated heterocycles. The highest BCUT2D eigenvalue weighted by atomic mass is 16.5. The molecular formula is C36H30N2O6. The normalized spacial score (nSPS) is 22.6. The van der Waals surface area contributed by atoms with E-state index in [2.05, 4.69) is 5.32 Å². The Balaban J connectivity index is 1.53. The van der Waals surface area contributed by atoms with E-state index in [4.69, 9.17) is 14.2 Å². The first-order valence-corrected chi connectivity index (χ1v) is 14.3. The van der Waals surface area contributed by atoms with Gasteiger partial charge in [-0.25, -0.2) is 0 Å². The molecule has 4 aromatic carbocycles. The lowest BCUT2D eigenvalue weighted by Gasteiger charge is -2.38. The van der Waals surface area contributed by atoms with Crippen LogP contribution in [0.15, 0.2) is 97.2 Å². The molecule has 8 heteroatoms. The van der Waals surface area contributed by atoms with Gasteiger partial charge in [0.1, 0.15) is 28.7 Å². The third-order valence-corrected chi connectivity index (χ3v) is 9.15. The van der Waals surface area contributed by atoms with E-state index in [1.807, 2.05) is 65.7 Å². The molecule has 0 aromatic heterocycles. The van der Waals surface area contributed by atoms with E-state index in [9.17, 15) is 14.4 Å². The van der Waals surface area contributed by atoms with E-state index in [0.29, 0.717) is 34.1 Å². The smallest absolute Gasteiger partial charge is 0.238 e. The number of nitrogens with zero attached hydrogens (tertiary/aromatic N) is 1. The number of ether oxygens (including phenoxy) is 3. The molecule has 3 heterocycles. The van der Waals surface area contributed by atoms with E-state index in [1.165, 1.54) is 21.3 Å². The molecule has 1 N–H and O–H groups in total. The highest BCUT2D eigenvalue weighted by Crippen LogP contribution is 2.62. The van der Waals surface area contributed by atoms with Gasteiger partial charge in [0.2, 0.25) is 5.91 Å². The molecule has 0 saturated carbocycles. The van der Waals surface area contributed by atoms with Gasteiger partial charge in [-0.15, -0.1) is 0 Å². The van der Waals surface area contributed by atoms with Crippen LogP contribution in [0.1, 0.15) is 43.4 Å². The maximum Gasteiger partial charge on any atom is 0.238 e. The molecule has 1 spiro atoms. The molecule has 44 heavy (non-hydrogen) atoms. The standard InChI is InChI=1S/C36H30N2O6/c1-42-23-11-8-10-22(19-23)32(39)30-31(33(40)26-16-15-24(43-2)20-29(26)44-3)38-18-17-21-9-4-5-12-25(21)34(38)36(30)27-13-6-7-14-28(27)37-35(36)41/h4-20,30-31,34H,1-3H3,(H,37,41)/t30-,31+,34+,36-/m0/s1. The van der Waals surface area contributed by atoms with Crippen molar-refractivity contribution in [1.29, 1.82) is 0 Å². The summed E-state index contributed by atoms with van der Waals surface area (Å²) < 4.78 is 16.5. The summed E-state index contributed by atoms with van der Waals surface area (Å²) in [6.07, 6.45) is 3.78. The van der Waals surface area contributed by atoms with Crippen molar-refractivity contribution in [3.8, 4) is 17.2 Å². The van der Waals surface area contributed by atoms with Crippen LogP contribution < -0.4 is 19.5 Å². The molecule has 3 aliphatic rings. The third kappa shape index (κ3) is 3.80. The molecule has 0 aliphatic carbocycles. The Morgan fingerprint density at radius 1 is 0.795 bits per heavy atom. The van der Waals surface area contributed by atoms with Crippen LogP contribution in [0.2, 0.25) is 0 Å². The van der Waals surface area contributed by atoms with Crippen LogP contribution in [0.5, 0.6) is 17.2 Å². The molecule has 4 atom stereocenters. The van der Waals surface area contributed by atoms with Crippen molar-refractivity contribution in [2.24, 2.45) is 5.92 Å². The number of ketones is 2. The van der Waals surface area contributed by atoms with Crippen LogP contribution in [0, 0.1) is 5.92 Å². The van der Waals surface area contributed by atoms with Crippen LogP contribution in [-0.4, -0.2) is 49.7 Å². The number of benzene rings is 4. The number of rotatable bonds is 7. The van der Waals surface area contributed by atoms with Crippen LogP contribution >= 0.6 is 0 Å². The fourth-order valence-electron chi connectivity index (χ4n) is 7.29. The van der Waals surface area contributed by atoms with Gasteiger partial charge in [0.05, 0.1) is 38.9 Å². The Hall–Kier alpha value is -5.37. The predicted octanol–water partition coefficient (Wildman–Crippen LogP) is 5.69. The molecule has 3 aliphatic heterocycles.